The first-order valence-electron chi connectivity index (χ1n) is 5.91. The van der Waals surface area contributed by atoms with E-state index in [9.17, 15) is 22.8 Å². The fourth-order valence-corrected chi connectivity index (χ4v) is 2.12. The maximum absolute atomic E-state index is 12.5. The van der Waals surface area contributed by atoms with Gasteiger partial charge in [-0.2, -0.15) is 13.2 Å². The summed E-state index contributed by atoms with van der Waals surface area (Å²) in [7, 11) is 0. The molecule has 0 radical (unpaired) electrons. The number of carbonyl (C=O) groups excluding carboxylic acids is 2. The average molecular weight is 321 g/mol. The Morgan fingerprint density at radius 1 is 1.33 bits per heavy atom. The number of hydrogen-bond acceptors (Lipinski definition) is 4. The van der Waals surface area contributed by atoms with E-state index in [1.54, 1.807) is 6.92 Å². The molecule has 21 heavy (non-hydrogen) atoms. The Balaban J connectivity index is 2.60. The minimum absolute atomic E-state index is 0.0689. The van der Waals surface area contributed by atoms with Crippen LogP contribution in [0.1, 0.15) is 12.5 Å². The van der Waals surface area contributed by atoms with Gasteiger partial charge in [0.2, 0.25) is 5.91 Å². The number of hydrogen-bond donors (Lipinski definition) is 3. The van der Waals surface area contributed by atoms with Crippen LogP contribution < -0.4 is 16.4 Å². The molecule has 0 unspecified atom stereocenters. The topological polar surface area (TPSA) is 84.2 Å². The number of alkyl halides is 3. The third-order valence-electron chi connectivity index (χ3n) is 2.29. The van der Waals surface area contributed by atoms with Crippen LogP contribution in [0.15, 0.2) is 23.1 Å². The molecular formula is C12H14F3N3O2S. The quantitative estimate of drug-likeness (QED) is 0.586. The van der Waals surface area contributed by atoms with Crippen LogP contribution in [0.5, 0.6) is 0 Å². The first kappa shape index (κ1) is 17.2. The third-order valence-corrected chi connectivity index (χ3v) is 3.38. The predicted molar refractivity (Wildman–Crippen MR) is 73.8 cm³/mol. The molecule has 0 saturated heterocycles. The maximum Gasteiger partial charge on any atom is 0.416 e. The largest absolute Gasteiger partial charge is 0.416 e. The Bertz CT molecular complexity index is 535. The number of nitrogen functional groups attached to an aromatic ring is 1. The fourth-order valence-electron chi connectivity index (χ4n) is 1.37. The van der Waals surface area contributed by atoms with Crippen LogP contribution in [0.3, 0.4) is 0 Å². The van der Waals surface area contributed by atoms with Crippen molar-refractivity contribution in [1.82, 2.24) is 10.6 Å². The Kier molecular flexibility index (Phi) is 5.89. The van der Waals surface area contributed by atoms with E-state index in [-0.39, 0.29) is 11.4 Å². The number of thioether (sulfide) groups is 1. The standard InChI is InChI=1S/C12H14F3N3O2S/c1-2-17-11(20)18-10(19)6-21-9-4-3-7(5-8(9)16)12(13,14)15/h3-5H,2,6,16H2,1H3,(H2,17,18,19,20). The smallest absolute Gasteiger partial charge is 0.398 e. The molecule has 5 nitrogen and oxygen atoms in total. The molecule has 4 N–H and O–H groups in total. The molecular weight excluding hydrogens is 307 g/mol. The molecule has 0 aliphatic carbocycles. The van der Waals surface area contributed by atoms with Gasteiger partial charge in [-0.1, -0.05) is 0 Å². The zero-order chi connectivity index (χ0) is 16.0. The second-order valence-electron chi connectivity index (χ2n) is 3.95. The highest BCUT2D eigenvalue weighted by atomic mass is 32.2. The summed E-state index contributed by atoms with van der Waals surface area (Å²) in [6, 6.07) is 2.27. The Labute approximate surface area is 123 Å². The van der Waals surface area contributed by atoms with Gasteiger partial charge in [0.25, 0.3) is 0 Å². The van der Waals surface area contributed by atoms with Gasteiger partial charge in [-0.15, -0.1) is 11.8 Å². The van der Waals surface area contributed by atoms with E-state index in [1.165, 1.54) is 6.07 Å². The van der Waals surface area contributed by atoms with Crippen molar-refractivity contribution in [2.24, 2.45) is 0 Å². The third kappa shape index (κ3) is 5.54. The number of imide groups is 1. The molecule has 0 atom stereocenters. The molecule has 1 rings (SSSR count). The highest BCUT2D eigenvalue weighted by Gasteiger charge is 2.30. The summed E-state index contributed by atoms with van der Waals surface area (Å²) >= 11 is 0.950. The van der Waals surface area contributed by atoms with Crippen LogP contribution >= 0.6 is 11.8 Å². The first-order chi connectivity index (χ1) is 9.74. The van der Waals surface area contributed by atoms with Gasteiger partial charge in [0.05, 0.1) is 11.3 Å². The lowest BCUT2D eigenvalue weighted by molar-refractivity contribution is -0.137. The van der Waals surface area contributed by atoms with Gasteiger partial charge >= 0.3 is 12.2 Å². The summed E-state index contributed by atoms with van der Waals surface area (Å²) in [6.45, 7) is 2.07. The fraction of sp³-hybridized carbons (Fsp3) is 0.333. The number of nitrogens with two attached hydrogens (primary N) is 1. The SMILES string of the molecule is CCNC(=O)NC(=O)CSc1ccc(C(F)(F)F)cc1N. The number of amides is 3. The number of urea groups is 1. The van der Waals surface area contributed by atoms with Crippen LogP contribution in [-0.4, -0.2) is 24.2 Å². The molecule has 116 valence electrons. The molecule has 1 aromatic rings. The van der Waals surface area contributed by atoms with E-state index in [2.05, 4.69) is 10.6 Å². The number of carbonyl (C=O) groups is 2. The molecule has 3 amide bonds. The summed E-state index contributed by atoms with van der Waals surface area (Å²) in [4.78, 5) is 22.9. The van der Waals surface area contributed by atoms with E-state index >= 15 is 0 Å². The molecule has 0 aliphatic heterocycles. The van der Waals surface area contributed by atoms with E-state index in [0.29, 0.717) is 11.4 Å². The number of anilines is 1. The van der Waals surface area contributed by atoms with Crippen molar-refractivity contribution in [2.75, 3.05) is 18.0 Å². The molecule has 0 spiro atoms. The van der Waals surface area contributed by atoms with Crippen molar-refractivity contribution < 1.29 is 22.8 Å². The second-order valence-corrected chi connectivity index (χ2v) is 4.96. The van der Waals surface area contributed by atoms with Crippen LogP contribution in [0.2, 0.25) is 0 Å². The maximum atomic E-state index is 12.5. The second kappa shape index (κ2) is 7.21. The summed E-state index contributed by atoms with van der Waals surface area (Å²) in [6.07, 6.45) is -4.47. The van der Waals surface area contributed by atoms with Gasteiger partial charge < -0.3 is 11.1 Å². The van der Waals surface area contributed by atoms with Crippen LogP contribution in [0.4, 0.5) is 23.7 Å². The molecule has 0 heterocycles. The zero-order valence-corrected chi connectivity index (χ0v) is 11.9. The van der Waals surface area contributed by atoms with Gasteiger partial charge in [-0.05, 0) is 25.1 Å². The predicted octanol–water partition coefficient (Wildman–Crippen LogP) is 2.23. The Morgan fingerprint density at radius 3 is 2.52 bits per heavy atom. The van der Waals surface area contributed by atoms with Crippen molar-refractivity contribution in [3.8, 4) is 0 Å². The summed E-state index contributed by atoms with van der Waals surface area (Å²) in [5, 5.41) is 4.46. The summed E-state index contributed by atoms with van der Waals surface area (Å²) in [5.74, 6) is -0.697. The first-order valence-corrected chi connectivity index (χ1v) is 6.89. The lowest BCUT2D eigenvalue weighted by Crippen LogP contribution is -2.40. The van der Waals surface area contributed by atoms with E-state index in [0.717, 1.165) is 23.9 Å². The van der Waals surface area contributed by atoms with Crippen molar-refractivity contribution in [1.29, 1.82) is 0 Å². The lowest BCUT2D eigenvalue weighted by Gasteiger charge is -2.10. The van der Waals surface area contributed by atoms with Crippen LogP contribution in [0.25, 0.3) is 0 Å². The summed E-state index contributed by atoms with van der Waals surface area (Å²) < 4.78 is 37.4. The normalized spacial score (nSPS) is 11.0. The zero-order valence-electron chi connectivity index (χ0n) is 11.1. The minimum Gasteiger partial charge on any atom is -0.398 e. The van der Waals surface area contributed by atoms with E-state index in [1.807, 2.05) is 0 Å². The summed E-state index contributed by atoms with van der Waals surface area (Å²) in [5.41, 5.74) is 4.60. The highest BCUT2D eigenvalue weighted by molar-refractivity contribution is 8.00. The number of benzene rings is 1. The van der Waals surface area contributed by atoms with E-state index in [4.69, 9.17) is 5.73 Å². The van der Waals surface area contributed by atoms with Gasteiger partial charge in [0.1, 0.15) is 0 Å². The molecule has 0 aliphatic rings. The molecule has 0 bridgehead atoms. The highest BCUT2D eigenvalue weighted by Crippen LogP contribution is 2.34. The molecule has 0 aromatic heterocycles. The number of rotatable bonds is 4. The molecule has 9 heteroatoms. The van der Waals surface area contributed by atoms with Crippen LogP contribution in [0, 0.1) is 0 Å². The van der Waals surface area contributed by atoms with Crippen molar-refractivity contribution in [3.05, 3.63) is 23.8 Å². The Hall–Kier alpha value is -1.90. The van der Waals surface area contributed by atoms with Gasteiger partial charge in [-0.3, -0.25) is 10.1 Å². The molecule has 1 aromatic carbocycles. The average Bonchev–Trinajstić information content (AvgIpc) is 2.36. The van der Waals surface area contributed by atoms with Crippen molar-refractivity contribution in [2.45, 2.75) is 18.0 Å². The van der Waals surface area contributed by atoms with Crippen molar-refractivity contribution in [3.63, 3.8) is 0 Å². The minimum atomic E-state index is -4.47. The van der Waals surface area contributed by atoms with Crippen LogP contribution in [-0.2, 0) is 11.0 Å². The van der Waals surface area contributed by atoms with Gasteiger partial charge in [0.15, 0.2) is 0 Å². The monoisotopic (exact) mass is 321 g/mol. The molecule has 0 fully saturated rings. The number of halogens is 3. The van der Waals surface area contributed by atoms with E-state index < -0.39 is 23.7 Å². The van der Waals surface area contributed by atoms with Gasteiger partial charge in [0, 0.05) is 17.1 Å². The molecule has 0 saturated carbocycles. The van der Waals surface area contributed by atoms with Gasteiger partial charge in [-0.25, -0.2) is 4.79 Å². The van der Waals surface area contributed by atoms with Crippen molar-refractivity contribution >= 4 is 29.4 Å². The number of nitrogens with one attached hydrogen (secondary N) is 2. The Morgan fingerprint density at radius 2 is 2.00 bits per heavy atom. The lowest BCUT2D eigenvalue weighted by atomic mass is 10.2.